The zero-order valence-corrected chi connectivity index (χ0v) is 13.7. The lowest BCUT2D eigenvalue weighted by Gasteiger charge is -2.25. The number of morpholine rings is 1. The molecule has 2 heterocycles. The van der Waals surface area contributed by atoms with Gasteiger partial charge in [0.25, 0.3) is 5.91 Å². The molecule has 122 valence electrons. The van der Waals surface area contributed by atoms with Crippen molar-refractivity contribution in [1.82, 2.24) is 9.88 Å². The van der Waals surface area contributed by atoms with Crippen LogP contribution in [0.3, 0.4) is 0 Å². The number of nitrogens with zero attached hydrogens (tertiary/aromatic N) is 2. The minimum Gasteiger partial charge on any atom is -0.379 e. The summed E-state index contributed by atoms with van der Waals surface area (Å²) in [6, 6.07) is 6.13. The zero-order valence-electron chi connectivity index (χ0n) is 12.8. The summed E-state index contributed by atoms with van der Waals surface area (Å²) >= 11 is 1.36. The summed E-state index contributed by atoms with van der Waals surface area (Å²) in [5, 5.41) is 3.50. The first kappa shape index (κ1) is 16.0. The molecule has 1 saturated heterocycles. The first-order valence-corrected chi connectivity index (χ1v) is 8.27. The maximum atomic E-state index is 13.6. The molecule has 7 heteroatoms. The molecule has 5 nitrogen and oxygen atoms in total. The molecule has 23 heavy (non-hydrogen) atoms. The van der Waals surface area contributed by atoms with Gasteiger partial charge in [-0.3, -0.25) is 9.69 Å². The lowest BCUT2D eigenvalue weighted by atomic mass is 10.3. The number of ether oxygens (including phenoxy) is 1. The van der Waals surface area contributed by atoms with E-state index in [0.717, 1.165) is 31.3 Å². The number of hydrogen-bond donors (Lipinski definition) is 1. The van der Waals surface area contributed by atoms with Crippen molar-refractivity contribution in [2.45, 2.75) is 13.5 Å². The number of nitrogens with one attached hydrogen (secondary N) is 1. The average molecular weight is 335 g/mol. The van der Waals surface area contributed by atoms with Crippen LogP contribution in [-0.2, 0) is 11.3 Å². The van der Waals surface area contributed by atoms with E-state index < -0.39 is 5.82 Å². The summed E-state index contributed by atoms with van der Waals surface area (Å²) in [5.41, 5.74) is 0.854. The van der Waals surface area contributed by atoms with Gasteiger partial charge in [0.2, 0.25) is 0 Å². The third-order valence-corrected chi connectivity index (χ3v) is 4.77. The second kappa shape index (κ2) is 7.16. The number of anilines is 1. The lowest BCUT2D eigenvalue weighted by molar-refractivity contribution is 0.0341. The van der Waals surface area contributed by atoms with Gasteiger partial charge in [-0.25, -0.2) is 9.37 Å². The van der Waals surface area contributed by atoms with E-state index in [1.54, 1.807) is 19.1 Å². The fourth-order valence-electron chi connectivity index (χ4n) is 2.42. The van der Waals surface area contributed by atoms with Crippen LogP contribution in [0.25, 0.3) is 0 Å². The van der Waals surface area contributed by atoms with Gasteiger partial charge in [0, 0.05) is 13.1 Å². The van der Waals surface area contributed by atoms with Gasteiger partial charge in [-0.1, -0.05) is 12.1 Å². The molecular weight excluding hydrogens is 317 g/mol. The smallest absolute Gasteiger partial charge is 0.267 e. The molecule has 0 radical (unpaired) electrons. The van der Waals surface area contributed by atoms with Gasteiger partial charge in [0.15, 0.2) is 0 Å². The van der Waals surface area contributed by atoms with Crippen molar-refractivity contribution < 1.29 is 13.9 Å². The van der Waals surface area contributed by atoms with E-state index in [9.17, 15) is 9.18 Å². The molecule has 0 saturated carbocycles. The van der Waals surface area contributed by atoms with Crippen LogP contribution in [0.5, 0.6) is 0 Å². The highest BCUT2D eigenvalue weighted by molar-refractivity contribution is 7.13. The van der Waals surface area contributed by atoms with Crippen molar-refractivity contribution in [3.05, 3.63) is 45.7 Å². The number of carbonyl (C=O) groups is 1. The number of benzene rings is 1. The van der Waals surface area contributed by atoms with E-state index in [0.29, 0.717) is 17.1 Å². The van der Waals surface area contributed by atoms with Crippen LogP contribution in [0.1, 0.15) is 20.4 Å². The average Bonchev–Trinajstić information content (AvgIpc) is 2.91. The first-order valence-electron chi connectivity index (χ1n) is 7.46. The molecule has 1 aliphatic rings. The van der Waals surface area contributed by atoms with Gasteiger partial charge >= 0.3 is 0 Å². The number of rotatable bonds is 4. The predicted octanol–water partition coefficient (Wildman–Crippen LogP) is 2.68. The van der Waals surface area contributed by atoms with Crippen molar-refractivity contribution in [2.75, 3.05) is 31.6 Å². The number of para-hydroxylation sites is 1. The van der Waals surface area contributed by atoms with Crippen LogP contribution in [-0.4, -0.2) is 42.1 Å². The summed E-state index contributed by atoms with van der Waals surface area (Å²) in [5.74, 6) is -0.769. The van der Waals surface area contributed by atoms with E-state index >= 15 is 0 Å². The SMILES string of the molecule is Cc1nc(CN2CCOCC2)sc1C(=O)Nc1ccccc1F. The zero-order chi connectivity index (χ0) is 16.2. The topological polar surface area (TPSA) is 54.5 Å². The van der Waals surface area contributed by atoms with Gasteiger partial charge < -0.3 is 10.1 Å². The Labute approximate surface area is 138 Å². The van der Waals surface area contributed by atoms with Gasteiger partial charge in [0.05, 0.1) is 31.1 Å². The first-order chi connectivity index (χ1) is 11.1. The van der Waals surface area contributed by atoms with Gasteiger partial charge in [-0.2, -0.15) is 0 Å². The van der Waals surface area contributed by atoms with E-state index in [-0.39, 0.29) is 11.6 Å². The lowest BCUT2D eigenvalue weighted by Crippen LogP contribution is -2.35. The minimum atomic E-state index is -0.448. The number of amides is 1. The molecule has 0 spiro atoms. The Balaban J connectivity index is 1.70. The molecule has 0 aliphatic carbocycles. The van der Waals surface area contributed by atoms with Crippen LogP contribution in [0.2, 0.25) is 0 Å². The Morgan fingerprint density at radius 2 is 2.13 bits per heavy atom. The van der Waals surface area contributed by atoms with Crippen molar-refractivity contribution in [3.8, 4) is 0 Å². The molecule has 0 bridgehead atoms. The van der Waals surface area contributed by atoms with Crippen molar-refractivity contribution in [1.29, 1.82) is 0 Å². The monoisotopic (exact) mass is 335 g/mol. The molecule has 3 rings (SSSR count). The number of aromatic nitrogens is 1. The molecule has 1 fully saturated rings. The van der Waals surface area contributed by atoms with E-state index in [2.05, 4.69) is 15.2 Å². The van der Waals surface area contributed by atoms with Crippen LogP contribution < -0.4 is 5.32 Å². The van der Waals surface area contributed by atoms with E-state index in [4.69, 9.17) is 4.74 Å². The molecule has 1 amide bonds. The van der Waals surface area contributed by atoms with Crippen LogP contribution >= 0.6 is 11.3 Å². The highest BCUT2D eigenvalue weighted by Gasteiger charge is 2.19. The fraction of sp³-hybridized carbons (Fsp3) is 0.375. The second-order valence-electron chi connectivity index (χ2n) is 5.34. The highest BCUT2D eigenvalue weighted by Crippen LogP contribution is 2.22. The number of halogens is 1. The van der Waals surface area contributed by atoms with Crippen LogP contribution in [0.4, 0.5) is 10.1 Å². The van der Waals surface area contributed by atoms with Crippen LogP contribution in [0, 0.1) is 12.7 Å². The van der Waals surface area contributed by atoms with Crippen molar-refractivity contribution in [2.24, 2.45) is 0 Å². The number of aryl methyl sites for hydroxylation is 1. The molecule has 1 aromatic carbocycles. The Kier molecular flexibility index (Phi) is 5.00. The van der Waals surface area contributed by atoms with Crippen molar-refractivity contribution in [3.63, 3.8) is 0 Å². The molecule has 1 N–H and O–H groups in total. The fourth-order valence-corrected chi connectivity index (χ4v) is 3.43. The molecular formula is C16H18FN3O2S. The molecule has 0 atom stereocenters. The molecule has 0 unspecified atom stereocenters. The summed E-state index contributed by atoms with van der Waals surface area (Å²) in [4.78, 5) is 19.6. The van der Waals surface area contributed by atoms with Gasteiger partial charge in [-0.05, 0) is 19.1 Å². The highest BCUT2D eigenvalue weighted by atomic mass is 32.1. The quantitative estimate of drug-likeness (QED) is 0.933. The second-order valence-corrected chi connectivity index (χ2v) is 6.43. The Bertz CT molecular complexity index is 698. The maximum absolute atomic E-state index is 13.6. The number of hydrogen-bond acceptors (Lipinski definition) is 5. The largest absolute Gasteiger partial charge is 0.379 e. The van der Waals surface area contributed by atoms with E-state index in [1.807, 2.05) is 0 Å². The normalized spacial score (nSPS) is 15.6. The van der Waals surface area contributed by atoms with Gasteiger partial charge in [-0.15, -0.1) is 11.3 Å². The summed E-state index contributed by atoms with van der Waals surface area (Å²) < 4.78 is 19.0. The Morgan fingerprint density at radius 3 is 2.87 bits per heavy atom. The number of carbonyl (C=O) groups excluding carboxylic acids is 1. The molecule has 1 aromatic heterocycles. The van der Waals surface area contributed by atoms with Gasteiger partial charge in [0.1, 0.15) is 15.7 Å². The van der Waals surface area contributed by atoms with Crippen molar-refractivity contribution >= 4 is 22.9 Å². The predicted molar refractivity (Wildman–Crippen MR) is 87.3 cm³/mol. The number of thiazole rings is 1. The van der Waals surface area contributed by atoms with Crippen LogP contribution in [0.15, 0.2) is 24.3 Å². The minimum absolute atomic E-state index is 0.181. The Morgan fingerprint density at radius 1 is 1.39 bits per heavy atom. The van der Waals surface area contributed by atoms with E-state index in [1.165, 1.54) is 23.5 Å². The Hall–Kier alpha value is -1.83. The summed E-state index contributed by atoms with van der Waals surface area (Å²) in [7, 11) is 0. The standard InChI is InChI=1S/C16H18FN3O2S/c1-11-15(16(21)19-13-5-3-2-4-12(13)17)23-14(18-11)10-20-6-8-22-9-7-20/h2-5H,6-10H2,1H3,(H,19,21). The third kappa shape index (κ3) is 3.93. The third-order valence-electron chi connectivity index (χ3n) is 3.63. The summed E-state index contributed by atoms with van der Waals surface area (Å²) in [6.07, 6.45) is 0. The summed E-state index contributed by atoms with van der Waals surface area (Å²) in [6.45, 7) is 5.71. The molecule has 1 aliphatic heterocycles. The molecule has 2 aromatic rings. The maximum Gasteiger partial charge on any atom is 0.267 e.